The second-order valence-corrected chi connectivity index (χ2v) is 4.71. The molecule has 102 valence electrons. The fraction of sp³-hybridized carbons (Fsp3) is 0.0667. The largest absolute Gasteiger partial charge is 0.507 e. The molecule has 0 saturated carbocycles. The van der Waals surface area contributed by atoms with Crippen LogP contribution in [0.5, 0.6) is 5.75 Å². The molecule has 1 amide bonds. The van der Waals surface area contributed by atoms with Crippen molar-refractivity contribution in [1.82, 2.24) is 5.43 Å². The molecule has 0 atom stereocenters. The maximum atomic E-state index is 11.8. The summed E-state index contributed by atoms with van der Waals surface area (Å²) in [7, 11) is 0. The lowest BCUT2D eigenvalue weighted by molar-refractivity contribution is 0.0952. The predicted molar refractivity (Wildman–Crippen MR) is 79.4 cm³/mol. The molecule has 2 rings (SSSR count). The van der Waals surface area contributed by atoms with E-state index in [0.717, 1.165) is 11.1 Å². The molecule has 2 aromatic rings. The second-order valence-electron chi connectivity index (χ2n) is 4.27. The normalized spacial score (nSPS) is 10.7. The quantitative estimate of drug-likeness (QED) is 0.673. The predicted octanol–water partition coefficient (Wildman–Crippen LogP) is 3.12. The van der Waals surface area contributed by atoms with Gasteiger partial charge < -0.3 is 5.11 Å². The number of aromatic hydroxyl groups is 1. The highest BCUT2D eigenvalue weighted by atomic mass is 35.5. The van der Waals surface area contributed by atoms with Crippen molar-refractivity contribution >= 4 is 23.7 Å². The fourth-order valence-electron chi connectivity index (χ4n) is 1.57. The molecule has 2 N–H and O–H groups in total. The highest BCUT2D eigenvalue weighted by molar-refractivity contribution is 6.31. The molecular formula is C15H13ClN2O2. The Hall–Kier alpha value is -2.33. The molecule has 0 aromatic heterocycles. The number of aryl methyl sites for hydroxylation is 1. The van der Waals surface area contributed by atoms with E-state index < -0.39 is 5.91 Å². The lowest BCUT2D eigenvalue weighted by atomic mass is 10.2. The Morgan fingerprint density at radius 1 is 1.25 bits per heavy atom. The smallest absolute Gasteiger partial charge is 0.275 e. The number of amides is 1. The van der Waals surface area contributed by atoms with Crippen molar-refractivity contribution in [3.05, 3.63) is 64.2 Å². The van der Waals surface area contributed by atoms with Crippen LogP contribution >= 0.6 is 11.6 Å². The molecule has 0 aliphatic rings. The van der Waals surface area contributed by atoms with Gasteiger partial charge >= 0.3 is 0 Å². The number of hydrazone groups is 1. The number of nitrogens with one attached hydrogen (secondary N) is 1. The maximum Gasteiger partial charge on any atom is 0.275 e. The van der Waals surface area contributed by atoms with E-state index in [1.165, 1.54) is 24.4 Å². The zero-order valence-corrected chi connectivity index (χ0v) is 11.6. The van der Waals surface area contributed by atoms with E-state index in [2.05, 4.69) is 10.5 Å². The molecule has 20 heavy (non-hydrogen) atoms. The van der Waals surface area contributed by atoms with Crippen LogP contribution in [0.3, 0.4) is 0 Å². The van der Waals surface area contributed by atoms with Crippen molar-refractivity contribution in [3.63, 3.8) is 0 Å². The highest BCUT2D eigenvalue weighted by Crippen LogP contribution is 2.21. The fourth-order valence-corrected chi connectivity index (χ4v) is 1.74. The summed E-state index contributed by atoms with van der Waals surface area (Å²) in [6.45, 7) is 1.99. The van der Waals surface area contributed by atoms with Gasteiger partial charge in [-0.15, -0.1) is 0 Å². The molecule has 0 heterocycles. The van der Waals surface area contributed by atoms with Crippen molar-refractivity contribution in [2.75, 3.05) is 0 Å². The van der Waals surface area contributed by atoms with E-state index in [0.29, 0.717) is 5.02 Å². The van der Waals surface area contributed by atoms with Crippen LogP contribution in [0.2, 0.25) is 5.02 Å². The number of benzene rings is 2. The molecule has 0 radical (unpaired) electrons. The maximum absolute atomic E-state index is 11.8. The van der Waals surface area contributed by atoms with Gasteiger partial charge in [-0.1, -0.05) is 41.4 Å². The van der Waals surface area contributed by atoms with Crippen molar-refractivity contribution in [1.29, 1.82) is 0 Å². The molecule has 2 aromatic carbocycles. The summed E-state index contributed by atoms with van der Waals surface area (Å²) >= 11 is 5.78. The van der Waals surface area contributed by atoms with Crippen molar-refractivity contribution in [2.45, 2.75) is 6.92 Å². The molecule has 0 saturated heterocycles. The van der Waals surface area contributed by atoms with E-state index in [1.54, 1.807) is 0 Å². The lowest BCUT2D eigenvalue weighted by Gasteiger charge is -2.03. The van der Waals surface area contributed by atoms with Crippen LogP contribution in [0.4, 0.5) is 0 Å². The summed E-state index contributed by atoms with van der Waals surface area (Å²) in [5.74, 6) is -0.661. The van der Waals surface area contributed by atoms with Crippen LogP contribution in [0.1, 0.15) is 21.5 Å². The molecule has 0 aliphatic heterocycles. The van der Waals surface area contributed by atoms with Gasteiger partial charge in [-0.05, 0) is 30.7 Å². The molecule has 0 unspecified atom stereocenters. The first-order valence-electron chi connectivity index (χ1n) is 5.95. The van der Waals surface area contributed by atoms with E-state index in [1.807, 2.05) is 31.2 Å². The van der Waals surface area contributed by atoms with E-state index in [4.69, 9.17) is 11.6 Å². The van der Waals surface area contributed by atoms with Gasteiger partial charge in [0.15, 0.2) is 0 Å². The topological polar surface area (TPSA) is 61.7 Å². The third-order valence-electron chi connectivity index (χ3n) is 2.66. The van der Waals surface area contributed by atoms with Gasteiger partial charge in [0, 0.05) is 5.02 Å². The summed E-state index contributed by atoms with van der Waals surface area (Å²) in [5, 5.41) is 13.8. The Morgan fingerprint density at radius 3 is 2.65 bits per heavy atom. The van der Waals surface area contributed by atoms with Gasteiger partial charge in [0.05, 0.1) is 11.8 Å². The monoisotopic (exact) mass is 288 g/mol. The average molecular weight is 289 g/mol. The molecule has 4 nitrogen and oxygen atoms in total. The van der Waals surface area contributed by atoms with E-state index >= 15 is 0 Å². The van der Waals surface area contributed by atoms with Crippen molar-refractivity contribution < 1.29 is 9.90 Å². The van der Waals surface area contributed by atoms with Gasteiger partial charge in [0.1, 0.15) is 5.75 Å². The lowest BCUT2D eigenvalue weighted by Crippen LogP contribution is -2.17. The first kappa shape index (κ1) is 14.1. The summed E-state index contributed by atoms with van der Waals surface area (Å²) < 4.78 is 0. The first-order valence-corrected chi connectivity index (χ1v) is 6.32. The van der Waals surface area contributed by atoms with Crippen LogP contribution < -0.4 is 5.43 Å². The number of hydrogen-bond acceptors (Lipinski definition) is 3. The molecule has 0 spiro atoms. The average Bonchev–Trinajstić information content (AvgIpc) is 2.43. The van der Waals surface area contributed by atoms with Gasteiger partial charge in [-0.3, -0.25) is 4.79 Å². The standard InChI is InChI=1S/C15H13ClN2O2/c1-10-2-4-11(5-3-10)9-17-18-15(20)13-8-12(16)6-7-14(13)19/h2-9,19H,1H3,(H,18,20)/b17-9-. The molecule has 0 bridgehead atoms. The molecule has 0 aliphatic carbocycles. The van der Waals surface area contributed by atoms with Gasteiger partial charge in [-0.2, -0.15) is 5.10 Å². The zero-order chi connectivity index (χ0) is 14.5. The second kappa shape index (κ2) is 6.21. The Balaban J connectivity index is 2.05. The Kier molecular flexibility index (Phi) is 4.38. The van der Waals surface area contributed by atoms with Gasteiger partial charge in [0.25, 0.3) is 5.91 Å². The number of nitrogens with zero attached hydrogens (tertiary/aromatic N) is 1. The van der Waals surface area contributed by atoms with Crippen LogP contribution in [-0.2, 0) is 0 Å². The Morgan fingerprint density at radius 2 is 1.95 bits per heavy atom. The van der Waals surface area contributed by atoms with Gasteiger partial charge in [0.2, 0.25) is 0 Å². The summed E-state index contributed by atoms with van der Waals surface area (Å²) in [4.78, 5) is 11.8. The minimum absolute atomic E-state index is 0.0820. The third kappa shape index (κ3) is 3.59. The molecule has 5 heteroatoms. The zero-order valence-electron chi connectivity index (χ0n) is 10.8. The summed E-state index contributed by atoms with van der Waals surface area (Å²) in [6, 6.07) is 11.9. The van der Waals surface area contributed by atoms with Crippen LogP contribution in [0, 0.1) is 6.92 Å². The first-order chi connectivity index (χ1) is 9.56. The third-order valence-corrected chi connectivity index (χ3v) is 2.90. The van der Waals surface area contributed by atoms with Crippen LogP contribution in [0.25, 0.3) is 0 Å². The van der Waals surface area contributed by atoms with Crippen LogP contribution in [0.15, 0.2) is 47.6 Å². The van der Waals surface area contributed by atoms with Crippen LogP contribution in [-0.4, -0.2) is 17.2 Å². The number of phenolic OH excluding ortho intramolecular Hbond substituents is 1. The summed E-state index contributed by atoms with van der Waals surface area (Å²) in [6.07, 6.45) is 1.53. The van der Waals surface area contributed by atoms with Crippen molar-refractivity contribution in [2.24, 2.45) is 5.10 Å². The SMILES string of the molecule is Cc1ccc(/C=N\NC(=O)c2cc(Cl)ccc2O)cc1. The number of rotatable bonds is 3. The number of carbonyl (C=O) groups is 1. The highest BCUT2D eigenvalue weighted by Gasteiger charge is 2.10. The molecule has 0 fully saturated rings. The number of phenols is 1. The number of carbonyl (C=O) groups excluding carboxylic acids is 1. The number of halogens is 1. The number of hydrogen-bond donors (Lipinski definition) is 2. The summed E-state index contributed by atoms with van der Waals surface area (Å²) in [5.41, 5.74) is 4.44. The van der Waals surface area contributed by atoms with Crippen molar-refractivity contribution in [3.8, 4) is 5.75 Å². The Bertz CT molecular complexity index is 651. The van der Waals surface area contributed by atoms with E-state index in [-0.39, 0.29) is 11.3 Å². The minimum atomic E-state index is -0.520. The molecular weight excluding hydrogens is 276 g/mol. The Labute approximate surface area is 121 Å². The van der Waals surface area contributed by atoms with Gasteiger partial charge in [-0.25, -0.2) is 5.43 Å². The minimum Gasteiger partial charge on any atom is -0.507 e. The van der Waals surface area contributed by atoms with E-state index in [9.17, 15) is 9.90 Å².